The zero-order valence-electron chi connectivity index (χ0n) is 8.23. The van der Waals surface area contributed by atoms with E-state index in [1.165, 1.54) is 6.42 Å². The molecule has 1 aromatic rings. The van der Waals surface area contributed by atoms with Crippen LogP contribution in [-0.4, -0.2) is 28.3 Å². The first-order valence-electron chi connectivity index (χ1n) is 4.92. The van der Waals surface area contributed by atoms with Crippen LogP contribution in [0.25, 0.3) is 0 Å². The predicted molar refractivity (Wildman–Crippen MR) is 53.3 cm³/mol. The van der Waals surface area contributed by atoms with E-state index in [4.69, 9.17) is 0 Å². The average molecular weight is 194 g/mol. The Hall–Kier alpha value is -1.39. The lowest BCUT2D eigenvalue weighted by Gasteiger charge is -2.31. The van der Waals surface area contributed by atoms with Crippen molar-refractivity contribution < 1.29 is 0 Å². The Morgan fingerprint density at radius 2 is 2.50 bits per heavy atom. The van der Waals surface area contributed by atoms with Crippen LogP contribution in [0.2, 0.25) is 0 Å². The number of hydrogen-bond donors (Lipinski definition) is 1. The lowest BCUT2D eigenvalue weighted by Crippen LogP contribution is -2.36. The molecule has 1 N–H and O–H groups in total. The van der Waals surface area contributed by atoms with Crippen molar-refractivity contribution in [1.82, 2.24) is 15.2 Å². The van der Waals surface area contributed by atoms with Crippen molar-refractivity contribution in [2.24, 2.45) is 5.92 Å². The molecule has 0 aliphatic carbocycles. The first-order chi connectivity index (χ1) is 6.75. The largest absolute Gasteiger partial charge is 0.363 e. The van der Waals surface area contributed by atoms with E-state index in [-0.39, 0.29) is 5.69 Å². The third-order valence-electron chi connectivity index (χ3n) is 2.54. The van der Waals surface area contributed by atoms with Gasteiger partial charge in [0.15, 0.2) is 5.82 Å². The number of H-pyrrole nitrogens is 1. The first-order valence-corrected chi connectivity index (χ1v) is 4.92. The molecule has 1 unspecified atom stereocenters. The summed E-state index contributed by atoms with van der Waals surface area (Å²) in [6.07, 6.45) is 4.03. The molecule has 5 heteroatoms. The summed E-state index contributed by atoms with van der Waals surface area (Å²) in [7, 11) is 0. The molecule has 0 radical (unpaired) electrons. The van der Waals surface area contributed by atoms with Gasteiger partial charge in [-0.2, -0.15) is 10.1 Å². The van der Waals surface area contributed by atoms with Crippen LogP contribution in [0.4, 0.5) is 5.82 Å². The van der Waals surface area contributed by atoms with Crippen molar-refractivity contribution in [3.05, 3.63) is 16.7 Å². The fraction of sp³-hybridized carbons (Fsp3) is 0.667. The van der Waals surface area contributed by atoms with E-state index in [1.54, 1.807) is 6.20 Å². The summed E-state index contributed by atoms with van der Waals surface area (Å²) in [6, 6.07) is 0. The van der Waals surface area contributed by atoms with E-state index in [2.05, 4.69) is 27.0 Å². The van der Waals surface area contributed by atoms with Gasteiger partial charge in [0, 0.05) is 13.1 Å². The molecule has 2 heterocycles. The third-order valence-corrected chi connectivity index (χ3v) is 2.54. The summed E-state index contributed by atoms with van der Waals surface area (Å²) >= 11 is 0. The Morgan fingerprint density at radius 3 is 3.21 bits per heavy atom. The van der Waals surface area contributed by atoms with Crippen molar-refractivity contribution >= 4 is 5.82 Å². The van der Waals surface area contributed by atoms with Crippen LogP contribution in [-0.2, 0) is 0 Å². The number of rotatable bonds is 1. The van der Waals surface area contributed by atoms with Crippen molar-refractivity contribution in [3.63, 3.8) is 0 Å². The van der Waals surface area contributed by atoms with Gasteiger partial charge in [0.05, 0.1) is 6.20 Å². The van der Waals surface area contributed by atoms with E-state index in [0.29, 0.717) is 11.7 Å². The molecule has 1 aliphatic heterocycles. The van der Waals surface area contributed by atoms with Crippen LogP contribution in [0.5, 0.6) is 0 Å². The van der Waals surface area contributed by atoms with Crippen LogP contribution in [0.15, 0.2) is 11.0 Å². The summed E-state index contributed by atoms with van der Waals surface area (Å²) < 4.78 is 0. The lowest BCUT2D eigenvalue weighted by atomic mass is 10.0. The fourth-order valence-corrected chi connectivity index (χ4v) is 1.85. The number of anilines is 1. The first kappa shape index (κ1) is 9.18. The predicted octanol–water partition coefficient (Wildman–Crippen LogP) is 0.401. The second-order valence-corrected chi connectivity index (χ2v) is 3.84. The minimum Gasteiger partial charge on any atom is -0.355 e. The lowest BCUT2D eigenvalue weighted by molar-refractivity contribution is 0.443. The maximum absolute atomic E-state index is 11.0. The molecular formula is C9H14N4O. The normalized spacial score (nSPS) is 22.4. The van der Waals surface area contributed by atoms with Gasteiger partial charge >= 0.3 is 5.69 Å². The summed E-state index contributed by atoms with van der Waals surface area (Å²) in [4.78, 5) is 17.0. The van der Waals surface area contributed by atoms with Crippen LogP contribution in [0.1, 0.15) is 19.8 Å². The minimum absolute atomic E-state index is 0.374. The number of aromatic amines is 1. The highest BCUT2D eigenvalue weighted by atomic mass is 16.1. The van der Waals surface area contributed by atoms with Gasteiger partial charge in [0.2, 0.25) is 0 Å². The smallest absolute Gasteiger partial charge is 0.355 e. The zero-order chi connectivity index (χ0) is 9.97. The Balaban J connectivity index is 2.18. The molecule has 0 saturated carbocycles. The molecular weight excluding hydrogens is 180 g/mol. The van der Waals surface area contributed by atoms with Gasteiger partial charge in [-0.1, -0.05) is 6.92 Å². The highest BCUT2D eigenvalue weighted by molar-refractivity contribution is 5.34. The molecule has 1 aromatic heterocycles. The molecule has 0 bridgehead atoms. The van der Waals surface area contributed by atoms with Gasteiger partial charge in [-0.25, -0.2) is 9.89 Å². The third kappa shape index (κ3) is 1.92. The summed E-state index contributed by atoms with van der Waals surface area (Å²) in [6.45, 7) is 4.16. The van der Waals surface area contributed by atoms with Crippen molar-refractivity contribution in [1.29, 1.82) is 0 Å². The maximum Gasteiger partial charge on any atom is 0.363 e. The molecule has 1 aliphatic rings. The Bertz CT molecular complexity index is 362. The van der Waals surface area contributed by atoms with E-state index >= 15 is 0 Å². The summed E-state index contributed by atoms with van der Waals surface area (Å²) in [5.41, 5.74) is -0.374. The van der Waals surface area contributed by atoms with Crippen molar-refractivity contribution in [3.8, 4) is 0 Å². The number of aromatic nitrogens is 3. The molecule has 5 nitrogen and oxygen atoms in total. The Labute approximate surface area is 82.2 Å². The van der Waals surface area contributed by atoms with Crippen molar-refractivity contribution in [2.75, 3.05) is 18.0 Å². The summed E-state index contributed by atoms with van der Waals surface area (Å²) in [5, 5.41) is 6.02. The average Bonchev–Trinajstić information content (AvgIpc) is 2.18. The topological polar surface area (TPSA) is 61.9 Å². The van der Waals surface area contributed by atoms with E-state index < -0.39 is 0 Å². The molecule has 0 aromatic carbocycles. The van der Waals surface area contributed by atoms with E-state index in [0.717, 1.165) is 19.5 Å². The van der Waals surface area contributed by atoms with Crippen LogP contribution in [0, 0.1) is 5.92 Å². The quantitative estimate of drug-likeness (QED) is 0.703. The SMILES string of the molecule is CC1CCCN(c2cn[nH]c(=O)n2)C1. The monoisotopic (exact) mass is 194 g/mol. The second-order valence-electron chi connectivity index (χ2n) is 3.84. The van der Waals surface area contributed by atoms with Crippen molar-refractivity contribution in [2.45, 2.75) is 19.8 Å². The fourth-order valence-electron chi connectivity index (χ4n) is 1.85. The molecule has 76 valence electrons. The Kier molecular flexibility index (Phi) is 2.47. The van der Waals surface area contributed by atoms with Gasteiger partial charge in [-0.05, 0) is 18.8 Å². The molecule has 0 spiro atoms. The van der Waals surface area contributed by atoms with E-state index in [9.17, 15) is 4.79 Å². The highest BCUT2D eigenvalue weighted by Gasteiger charge is 2.17. The molecule has 2 rings (SSSR count). The Morgan fingerprint density at radius 1 is 1.64 bits per heavy atom. The van der Waals surface area contributed by atoms with E-state index in [1.807, 2.05) is 0 Å². The second kappa shape index (κ2) is 3.77. The number of hydrogen-bond acceptors (Lipinski definition) is 4. The van der Waals surface area contributed by atoms with Gasteiger partial charge in [-0.15, -0.1) is 0 Å². The van der Waals surface area contributed by atoms with Crippen LogP contribution in [0.3, 0.4) is 0 Å². The molecule has 14 heavy (non-hydrogen) atoms. The van der Waals surface area contributed by atoms with Gasteiger partial charge in [0.25, 0.3) is 0 Å². The van der Waals surface area contributed by atoms with Gasteiger partial charge < -0.3 is 4.90 Å². The van der Waals surface area contributed by atoms with Gasteiger partial charge in [0.1, 0.15) is 0 Å². The van der Waals surface area contributed by atoms with Gasteiger partial charge in [-0.3, -0.25) is 0 Å². The number of nitrogens with one attached hydrogen (secondary N) is 1. The number of piperidine rings is 1. The molecule has 1 fully saturated rings. The molecule has 0 amide bonds. The maximum atomic E-state index is 11.0. The molecule has 1 atom stereocenters. The minimum atomic E-state index is -0.374. The summed E-state index contributed by atoms with van der Waals surface area (Å²) in [5.74, 6) is 1.37. The van der Waals surface area contributed by atoms with Crippen LogP contribution < -0.4 is 10.6 Å². The highest BCUT2D eigenvalue weighted by Crippen LogP contribution is 2.19. The number of nitrogens with zero attached hydrogens (tertiary/aromatic N) is 3. The van der Waals surface area contributed by atoms with Crippen LogP contribution >= 0.6 is 0 Å². The zero-order valence-corrected chi connectivity index (χ0v) is 8.23. The standard InChI is InChI=1S/C9H14N4O/c1-7-3-2-4-13(6-7)8-5-10-12-9(14)11-8/h5,7H,2-4,6H2,1H3,(H,11,12,14). The molecule has 1 saturated heterocycles.